The molecule has 0 atom stereocenters. The predicted molar refractivity (Wildman–Crippen MR) is 88.2 cm³/mol. The smallest absolute Gasteiger partial charge is 0.128 e. The third-order valence-corrected chi connectivity index (χ3v) is 3.34. The SMILES string of the molecule is C=CCCCN(C)c1ccc(CNCC(C)C)c(C)n1. The molecule has 0 bridgehead atoms. The minimum atomic E-state index is 0.679. The fraction of sp³-hybridized carbons (Fsp3) is 0.588. The predicted octanol–water partition coefficient (Wildman–Crippen LogP) is 3.54. The van der Waals surface area contributed by atoms with Crippen LogP contribution in [0.25, 0.3) is 0 Å². The second kappa shape index (κ2) is 8.75. The van der Waals surface area contributed by atoms with E-state index in [4.69, 9.17) is 4.98 Å². The van der Waals surface area contributed by atoms with Crippen LogP contribution in [0.15, 0.2) is 24.8 Å². The van der Waals surface area contributed by atoms with E-state index in [1.165, 1.54) is 5.56 Å². The number of nitrogens with zero attached hydrogens (tertiary/aromatic N) is 2. The second-order valence-corrected chi connectivity index (χ2v) is 5.79. The van der Waals surface area contributed by atoms with Gasteiger partial charge in [0.05, 0.1) is 0 Å². The highest BCUT2D eigenvalue weighted by Crippen LogP contribution is 2.14. The summed E-state index contributed by atoms with van der Waals surface area (Å²) in [5, 5.41) is 3.47. The average molecular weight is 275 g/mol. The van der Waals surface area contributed by atoms with Crippen LogP contribution in [0.2, 0.25) is 0 Å². The Kier molecular flexibility index (Phi) is 7.31. The Hall–Kier alpha value is -1.35. The lowest BCUT2D eigenvalue weighted by atomic mass is 10.1. The van der Waals surface area contributed by atoms with Crippen LogP contribution in [-0.2, 0) is 6.54 Å². The molecule has 0 saturated heterocycles. The maximum absolute atomic E-state index is 4.71. The summed E-state index contributed by atoms with van der Waals surface area (Å²) < 4.78 is 0. The minimum absolute atomic E-state index is 0.679. The van der Waals surface area contributed by atoms with E-state index in [0.29, 0.717) is 5.92 Å². The minimum Gasteiger partial charge on any atom is -0.360 e. The van der Waals surface area contributed by atoms with Crippen molar-refractivity contribution in [3.05, 3.63) is 36.0 Å². The molecule has 0 aromatic carbocycles. The van der Waals surface area contributed by atoms with Crippen molar-refractivity contribution in [1.29, 1.82) is 0 Å². The van der Waals surface area contributed by atoms with Crippen molar-refractivity contribution in [3.63, 3.8) is 0 Å². The molecule has 0 aliphatic rings. The molecule has 3 heteroatoms. The summed E-state index contributed by atoms with van der Waals surface area (Å²) in [6.07, 6.45) is 4.15. The van der Waals surface area contributed by atoms with Gasteiger partial charge in [-0.1, -0.05) is 26.0 Å². The first-order valence-electron chi connectivity index (χ1n) is 7.54. The maximum Gasteiger partial charge on any atom is 0.128 e. The van der Waals surface area contributed by atoms with Gasteiger partial charge in [0.25, 0.3) is 0 Å². The zero-order valence-corrected chi connectivity index (χ0v) is 13.4. The van der Waals surface area contributed by atoms with Crippen molar-refractivity contribution in [2.75, 3.05) is 25.0 Å². The number of pyridine rings is 1. The van der Waals surface area contributed by atoms with Crippen LogP contribution in [0.5, 0.6) is 0 Å². The van der Waals surface area contributed by atoms with Gasteiger partial charge in [0.1, 0.15) is 5.82 Å². The molecule has 0 fully saturated rings. The summed E-state index contributed by atoms with van der Waals surface area (Å²) in [5.74, 6) is 1.73. The zero-order valence-electron chi connectivity index (χ0n) is 13.4. The van der Waals surface area contributed by atoms with Gasteiger partial charge in [-0.05, 0) is 43.9 Å². The fourth-order valence-electron chi connectivity index (χ4n) is 2.06. The van der Waals surface area contributed by atoms with Gasteiger partial charge >= 0.3 is 0 Å². The van der Waals surface area contributed by atoms with E-state index in [1.54, 1.807) is 0 Å². The Labute approximate surface area is 124 Å². The largest absolute Gasteiger partial charge is 0.360 e. The number of aryl methyl sites for hydroxylation is 1. The molecule has 0 aliphatic carbocycles. The van der Waals surface area contributed by atoms with Crippen molar-refractivity contribution in [1.82, 2.24) is 10.3 Å². The molecule has 112 valence electrons. The lowest BCUT2D eigenvalue weighted by molar-refractivity contribution is 0.551. The summed E-state index contributed by atoms with van der Waals surface area (Å²) in [7, 11) is 2.10. The van der Waals surface area contributed by atoms with Crippen LogP contribution in [0, 0.1) is 12.8 Å². The fourth-order valence-corrected chi connectivity index (χ4v) is 2.06. The van der Waals surface area contributed by atoms with Crippen LogP contribution in [0.4, 0.5) is 5.82 Å². The summed E-state index contributed by atoms with van der Waals surface area (Å²) >= 11 is 0. The van der Waals surface area contributed by atoms with E-state index in [0.717, 1.165) is 44.0 Å². The quantitative estimate of drug-likeness (QED) is 0.552. The van der Waals surface area contributed by atoms with Crippen LogP contribution >= 0.6 is 0 Å². The lowest BCUT2D eigenvalue weighted by Gasteiger charge is -2.19. The first kappa shape index (κ1) is 16.7. The molecule has 1 N–H and O–H groups in total. The van der Waals surface area contributed by atoms with Gasteiger partial charge in [0.2, 0.25) is 0 Å². The molecule has 1 aromatic heterocycles. The maximum atomic E-state index is 4.71. The Bertz CT molecular complexity index is 413. The van der Waals surface area contributed by atoms with Gasteiger partial charge in [0, 0.05) is 25.8 Å². The van der Waals surface area contributed by atoms with E-state index in [2.05, 4.69) is 56.7 Å². The number of hydrogen-bond acceptors (Lipinski definition) is 3. The number of allylic oxidation sites excluding steroid dienone is 1. The number of unbranched alkanes of at least 4 members (excludes halogenated alkanes) is 1. The molecule has 1 heterocycles. The van der Waals surface area contributed by atoms with Gasteiger partial charge in [-0.15, -0.1) is 6.58 Å². The van der Waals surface area contributed by atoms with Crippen molar-refractivity contribution in [2.24, 2.45) is 5.92 Å². The van der Waals surface area contributed by atoms with Crippen molar-refractivity contribution in [3.8, 4) is 0 Å². The van der Waals surface area contributed by atoms with Gasteiger partial charge < -0.3 is 10.2 Å². The summed E-state index contributed by atoms with van der Waals surface area (Å²) in [6.45, 7) is 13.3. The van der Waals surface area contributed by atoms with Crippen molar-refractivity contribution < 1.29 is 0 Å². The molecule has 0 saturated carbocycles. The van der Waals surface area contributed by atoms with Crippen molar-refractivity contribution >= 4 is 5.82 Å². The Balaban J connectivity index is 2.55. The van der Waals surface area contributed by atoms with Crippen LogP contribution in [-0.4, -0.2) is 25.1 Å². The van der Waals surface area contributed by atoms with Crippen LogP contribution < -0.4 is 10.2 Å². The number of rotatable bonds is 9. The van der Waals surface area contributed by atoms with E-state index >= 15 is 0 Å². The van der Waals surface area contributed by atoms with Gasteiger partial charge in [-0.3, -0.25) is 0 Å². The molecular formula is C17H29N3. The Morgan fingerprint density at radius 3 is 2.75 bits per heavy atom. The lowest BCUT2D eigenvalue weighted by Crippen LogP contribution is -2.22. The van der Waals surface area contributed by atoms with Gasteiger partial charge in [0.15, 0.2) is 0 Å². The normalized spacial score (nSPS) is 10.8. The summed E-state index contributed by atoms with van der Waals surface area (Å²) in [5.41, 5.74) is 2.41. The van der Waals surface area contributed by atoms with Gasteiger partial charge in [-0.2, -0.15) is 0 Å². The molecule has 1 aromatic rings. The molecule has 20 heavy (non-hydrogen) atoms. The number of hydrogen-bond donors (Lipinski definition) is 1. The molecule has 0 amide bonds. The monoisotopic (exact) mass is 275 g/mol. The molecule has 0 radical (unpaired) electrons. The Morgan fingerprint density at radius 2 is 2.15 bits per heavy atom. The summed E-state index contributed by atoms with van der Waals surface area (Å²) in [4.78, 5) is 6.92. The molecule has 3 nitrogen and oxygen atoms in total. The van der Waals surface area contributed by atoms with E-state index in [-0.39, 0.29) is 0 Å². The molecule has 0 unspecified atom stereocenters. The summed E-state index contributed by atoms with van der Waals surface area (Å²) in [6, 6.07) is 4.31. The topological polar surface area (TPSA) is 28.2 Å². The van der Waals surface area contributed by atoms with E-state index in [9.17, 15) is 0 Å². The zero-order chi connectivity index (χ0) is 15.0. The van der Waals surface area contributed by atoms with Crippen LogP contribution in [0.3, 0.4) is 0 Å². The molecule has 0 spiro atoms. The number of anilines is 1. The highest BCUT2D eigenvalue weighted by molar-refractivity contribution is 5.40. The number of nitrogens with one attached hydrogen (secondary N) is 1. The Morgan fingerprint density at radius 1 is 1.40 bits per heavy atom. The molecule has 0 aliphatic heterocycles. The molecule has 1 rings (SSSR count). The average Bonchev–Trinajstić information content (AvgIpc) is 2.40. The first-order valence-corrected chi connectivity index (χ1v) is 7.54. The van der Waals surface area contributed by atoms with Gasteiger partial charge in [-0.25, -0.2) is 4.98 Å². The highest BCUT2D eigenvalue weighted by atomic mass is 15.2. The van der Waals surface area contributed by atoms with E-state index < -0.39 is 0 Å². The second-order valence-electron chi connectivity index (χ2n) is 5.79. The highest BCUT2D eigenvalue weighted by Gasteiger charge is 2.05. The third kappa shape index (κ3) is 5.74. The molecular weight excluding hydrogens is 246 g/mol. The van der Waals surface area contributed by atoms with Crippen LogP contribution in [0.1, 0.15) is 37.9 Å². The van der Waals surface area contributed by atoms with E-state index in [1.807, 2.05) is 6.08 Å². The van der Waals surface area contributed by atoms with Crippen molar-refractivity contribution in [2.45, 2.75) is 40.2 Å². The number of aromatic nitrogens is 1. The third-order valence-electron chi connectivity index (χ3n) is 3.34. The standard InChI is InChI=1S/C17H29N3/c1-6-7-8-11-20(5)17-10-9-16(15(4)19-17)13-18-12-14(2)3/h6,9-10,14,18H,1,7-8,11-13H2,2-5H3. The first-order chi connectivity index (χ1) is 9.54.